The Labute approximate surface area is 152 Å². The van der Waals surface area contributed by atoms with Crippen LogP contribution in [0.4, 0.5) is 0 Å². The minimum Gasteiger partial charge on any atom is -0.508 e. The molecule has 3 aliphatic carbocycles. The van der Waals surface area contributed by atoms with E-state index in [-0.39, 0.29) is 0 Å². The molecule has 1 N–H and O–H groups in total. The summed E-state index contributed by atoms with van der Waals surface area (Å²) in [4.78, 5) is 2.20. The first-order chi connectivity index (χ1) is 12.0. The average Bonchev–Trinajstić information content (AvgIpc) is 2.95. The molecule has 1 aromatic carbocycles. The minimum atomic E-state index is 0.307. The fourth-order valence-electron chi connectivity index (χ4n) is 6.11. The quantitative estimate of drug-likeness (QED) is 0.889. The lowest BCUT2D eigenvalue weighted by molar-refractivity contribution is -0.0672. The summed E-state index contributed by atoms with van der Waals surface area (Å²) in [6.45, 7) is 4.31. The van der Waals surface area contributed by atoms with E-state index in [0.717, 1.165) is 25.5 Å². The molecule has 0 radical (unpaired) electrons. The summed E-state index contributed by atoms with van der Waals surface area (Å²) in [6.07, 6.45) is 8.06. The van der Waals surface area contributed by atoms with Crippen LogP contribution >= 0.6 is 0 Å². The zero-order valence-corrected chi connectivity index (χ0v) is 16.0. The zero-order chi connectivity index (χ0) is 17.6. The molecule has 2 saturated carbocycles. The van der Waals surface area contributed by atoms with E-state index in [2.05, 4.69) is 32.0 Å². The van der Waals surface area contributed by atoms with Gasteiger partial charge >= 0.3 is 0 Å². The van der Waals surface area contributed by atoms with Crippen LogP contribution in [0.3, 0.4) is 0 Å². The van der Waals surface area contributed by atoms with Crippen LogP contribution in [0.5, 0.6) is 5.75 Å². The van der Waals surface area contributed by atoms with E-state index in [1.807, 2.05) is 12.1 Å². The molecule has 0 heterocycles. The van der Waals surface area contributed by atoms with Gasteiger partial charge in [-0.25, -0.2) is 0 Å². The highest BCUT2D eigenvalue weighted by atomic mass is 16.5. The maximum atomic E-state index is 9.96. The van der Waals surface area contributed by atoms with Crippen molar-refractivity contribution in [3.63, 3.8) is 0 Å². The lowest BCUT2D eigenvalue weighted by Crippen LogP contribution is -2.47. The Morgan fingerprint density at radius 2 is 2.08 bits per heavy atom. The van der Waals surface area contributed by atoms with Gasteiger partial charge in [-0.05, 0) is 92.6 Å². The maximum absolute atomic E-state index is 9.96. The van der Waals surface area contributed by atoms with Gasteiger partial charge in [0, 0.05) is 6.54 Å². The van der Waals surface area contributed by atoms with Crippen molar-refractivity contribution in [2.24, 2.45) is 17.3 Å². The van der Waals surface area contributed by atoms with Crippen LogP contribution < -0.4 is 0 Å². The van der Waals surface area contributed by atoms with Gasteiger partial charge in [0.15, 0.2) is 0 Å². The van der Waals surface area contributed by atoms with E-state index >= 15 is 0 Å². The van der Waals surface area contributed by atoms with Gasteiger partial charge in [-0.1, -0.05) is 19.4 Å². The smallest absolute Gasteiger partial charge is 0.115 e. The summed E-state index contributed by atoms with van der Waals surface area (Å²) in [5.74, 6) is 2.47. The van der Waals surface area contributed by atoms with Gasteiger partial charge in [0.25, 0.3) is 0 Å². The molecule has 0 aliphatic heterocycles. The first kappa shape index (κ1) is 17.4. The highest BCUT2D eigenvalue weighted by Crippen LogP contribution is 2.61. The average molecular weight is 344 g/mol. The molecule has 3 nitrogen and oxygen atoms in total. The molecule has 0 amide bonds. The summed E-state index contributed by atoms with van der Waals surface area (Å²) in [6, 6.07) is 6.05. The topological polar surface area (TPSA) is 32.7 Å². The van der Waals surface area contributed by atoms with Crippen LogP contribution in [-0.4, -0.2) is 43.4 Å². The maximum Gasteiger partial charge on any atom is 0.115 e. The molecule has 0 unspecified atom stereocenters. The molecule has 5 atom stereocenters. The third kappa shape index (κ3) is 3.10. The molecule has 2 fully saturated rings. The third-order valence-corrected chi connectivity index (χ3v) is 7.36. The van der Waals surface area contributed by atoms with Crippen molar-refractivity contribution >= 4 is 0 Å². The largest absolute Gasteiger partial charge is 0.508 e. The molecule has 25 heavy (non-hydrogen) atoms. The molecular weight excluding hydrogens is 310 g/mol. The van der Waals surface area contributed by atoms with E-state index in [1.165, 1.54) is 43.2 Å². The second kappa shape index (κ2) is 6.59. The van der Waals surface area contributed by atoms with E-state index < -0.39 is 0 Å². The predicted molar refractivity (Wildman–Crippen MR) is 101 cm³/mol. The van der Waals surface area contributed by atoms with Crippen molar-refractivity contribution in [2.75, 3.05) is 27.2 Å². The van der Waals surface area contributed by atoms with Gasteiger partial charge in [0.1, 0.15) is 5.75 Å². The highest BCUT2D eigenvalue weighted by Gasteiger charge is 2.53. The second-order valence-corrected chi connectivity index (χ2v) is 9.18. The van der Waals surface area contributed by atoms with Crippen molar-refractivity contribution in [1.82, 2.24) is 4.90 Å². The molecule has 0 saturated heterocycles. The molecular formula is C22H33NO2. The summed E-state index contributed by atoms with van der Waals surface area (Å²) < 4.78 is 6.49. The first-order valence-electron chi connectivity index (χ1n) is 10.1. The van der Waals surface area contributed by atoms with Crippen molar-refractivity contribution in [2.45, 2.75) is 57.5 Å². The Bertz CT molecular complexity index is 628. The van der Waals surface area contributed by atoms with E-state index in [9.17, 15) is 5.11 Å². The molecule has 3 aliphatic rings. The molecule has 1 aromatic rings. The lowest BCUT2D eigenvalue weighted by Gasteiger charge is -2.52. The number of phenolic OH excluding ortho intramolecular Hbond substituents is 1. The Hall–Kier alpha value is -1.06. The zero-order valence-electron chi connectivity index (χ0n) is 16.0. The van der Waals surface area contributed by atoms with Crippen LogP contribution in [0.15, 0.2) is 18.2 Å². The summed E-state index contributed by atoms with van der Waals surface area (Å²) in [5, 5.41) is 9.96. The number of phenols is 1. The van der Waals surface area contributed by atoms with Crippen LogP contribution in [-0.2, 0) is 11.2 Å². The summed E-state index contributed by atoms with van der Waals surface area (Å²) in [7, 11) is 4.21. The minimum absolute atomic E-state index is 0.307. The second-order valence-electron chi connectivity index (χ2n) is 9.18. The van der Waals surface area contributed by atoms with Crippen molar-refractivity contribution in [3.05, 3.63) is 29.3 Å². The number of fused-ring (bicyclic) bond motifs is 5. The Morgan fingerprint density at radius 3 is 2.88 bits per heavy atom. The fourth-order valence-corrected chi connectivity index (χ4v) is 6.11. The van der Waals surface area contributed by atoms with Crippen molar-refractivity contribution < 1.29 is 9.84 Å². The van der Waals surface area contributed by atoms with Gasteiger partial charge in [-0.2, -0.15) is 0 Å². The van der Waals surface area contributed by atoms with E-state index in [1.54, 1.807) is 0 Å². The first-order valence-corrected chi connectivity index (χ1v) is 10.1. The Morgan fingerprint density at radius 1 is 1.24 bits per heavy atom. The van der Waals surface area contributed by atoms with Crippen LogP contribution in [0.25, 0.3) is 0 Å². The number of ether oxygens (including phenoxy) is 1. The standard InChI is InChI=1S/C22H33NO2/c1-22-9-4-5-19(22)21-18(8-10-22)17-7-6-16(24)13-15(17)14-20(21)25-12-11-23(2)3/h6-7,13,18-21,24H,4-5,8-12,14H2,1-3H3/t18-,19+,20-,21-,22+/m1/s1. The van der Waals surface area contributed by atoms with Gasteiger partial charge in [-0.15, -0.1) is 0 Å². The number of hydrogen-bond donors (Lipinski definition) is 1. The number of hydrogen-bond acceptors (Lipinski definition) is 3. The van der Waals surface area contributed by atoms with Crippen molar-refractivity contribution in [3.8, 4) is 5.75 Å². The van der Waals surface area contributed by atoms with Gasteiger partial charge in [0.05, 0.1) is 12.7 Å². The molecule has 4 rings (SSSR count). The third-order valence-electron chi connectivity index (χ3n) is 7.36. The van der Waals surface area contributed by atoms with Gasteiger partial charge in [0.2, 0.25) is 0 Å². The van der Waals surface area contributed by atoms with Crippen LogP contribution in [0.1, 0.15) is 56.1 Å². The van der Waals surface area contributed by atoms with Crippen molar-refractivity contribution in [1.29, 1.82) is 0 Å². The monoisotopic (exact) mass is 343 g/mol. The molecule has 3 heteroatoms. The molecule has 138 valence electrons. The number of nitrogens with zero attached hydrogens (tertiary/aromatic N) is 1. The number of benzene rings is 1. The van der Waals surface area contributed by atoms with Gasteiger partial charge < -0.3 is 14.7 Å². The predicted octanol–water partition coefficient (Wildman–Crippen LogP) is 4.20. The highest BCUT2D eigenvalue weighted by molar-refractivity contribution is 5.41. The molecule has 0 aromatic heterocycles. The van der Waals surface area contributed by atoms with E-state index in [4.69, 9.17) is 4.74 Å². The lowest BCUT2D eigenvalue weighted by atomic mass is 9.55. The van der Waals surface area contributed by atoms with Crippen LogP contribution in [0, 0.1) is 17.3 Å². The Kier molecular flexibility index (Phi) is 4.57. The number of likely N-dealkylation sites (N-methyl/N-ethyl adjacent to an activating group) is 1. The Balaban J connectivity index is 1.65. The number of aromatic hydroxyl groups is 1. The summed E-state index contributed by atoms with van der Waals surface area (Å²) in [5.41, 5.74) is 3.33. The number of rotatable bonds is 4. The fraction of sp³-hybridized carbons (Fsp3) is 0.727. The van der Waals surface area contributed by atoms with Gasteiger partial charge in [-0.3, -0.25) is 0 Å². The molecule has 0 bridgehead atoms. The SMILES string of the molecule is CN(C)CCO[C@@H]1Cc2cc(O)ccc2[C@H]2CC[C@]3(C)CCC[C@H]3[C@@H]21. The van der Waals surface area contributed by atoms with Crippen LogP contribution in [0.2, 0.25) is 0 Å². The summed E-state index contributed by atoms with van der Waals surface area (Å²) >= 11 is 0. The molecule has 0 spiro atoms. The normalized spacial score (nSPS) is 36.8. The van der Waals surface area contributed by atoms with E-state index in [0.29, 0.717) is 29.1 Å².